The molecule has 6 aromatic rings. The number of aromatic nitrogens is 4. The average molecular weight is 725 g/mol. The van der Waals surface area contributed by atoms with Crippen molar-refractivity contribution in [1.82, 2.24) is 18.9 Å². The Hall–Kier alpha value is -4.53. The number of ether oxygens (including phenoxy) is 1. The summed E-state index contributed by atoms with van der Waals surface area (Å²) >= 11 is 13.5. The maximum atomic E-state index is 15.1. The normalized spacial score (nSPS) is 14.6. The highest BCUT2D eigenvalue weighted by Crippen LogP contribution is 2.46. The van der Waals surface area contributed by atoms with Crippen LogP contribution in [-0.4, -0.2) is 44.3 Å². The fourth-order valence-electron chi connectivity index (χ4n) is 8.11. The van der Waals surface area contributed by atoms with Gasteiger partial charge in [0.05, 0.1) is 34.0 Å². The Labute approximate surface area is 308 Å². The van der Waals surface area contributed by atoms with Crippen molar-refractivity contribution in [2.75, 3.05) is 18.1 Å². The van der Waals surface area contributed by atoms with E-state index in [1.165, 1.54) is 0 Å². The summed E-state index contributed by atoms with van der Waals surface area (Å²) in [6.07, 6.45) is 2.98. The lowest BCUT2D eigenvalue weighted by molar-refractivity contribution is 0.0957. The first-order valence-corrected chi connectivity index (χ1v) is 18.3. The van der Waals surface area contributed by atoms with Crippen molar-refractivity contribution < 1.29 is 14.3 Å². The molecular formula is C41H43Cl2N5O3. The summed E-state index contributed by atoms with van der Waals surface area (Å²) in [6, 6.07) is 13.7. The van der Waals surface area contributed by atoms with E-state index in [2.05, 4.69) is 42.0 Å². The third-order valence-corrected chi connectivity index (χ3v) is 11.5. The molecule has 0 radical (unpaired) electrons. The van der Waals surface area contributed by atoms with Gasteiger partial charge in [-0.15, -0.1) is 0 Å². The van der Waals surface area contributed by atoms with E-state index in [-0.39, 0.29) is 11.9 Å². The number of anilines is 1. The number of benzene rings is 3. The minimum atomic E-state index is -0.111. The number of carbonyl (C=O) groups excluding carboxylic acids is 2. The van der Waals surface area contributed by atoms with Gasteiger partial charge in [0.1, 0.15) is 17.7 Å². The first-order chi connectivity index (χ1) is 24.4. The van der Waals surface area contributed by atoms with Gasteiger partial charge in [0.25, 0.3) is 5.91 Å². The van der Waals surface area contributed by atoms with Gasteiger partial charge >= 0.3 is 0 Å². The summed E-state index contributed by atoms with van der Waals surface area (Å²) in [6.45, 7) is 13.2. The van der Waals surface area contributed by atoms with E-state index in [0.717, 1.165) is 95.9 Å². The molecule has 1 aliphatic rings. The molecule has 0 saturated carbocycles. The van der Waals surface area contributed by atoms with E-state index in [9.17, 15) is 4.79 Å². The SMILES string of the molecule is CCc1cc2cc(C=O)cc(N3C[C@@H](C)n4c(c(CCCOc5cc(C)c(Cl)c(C)c5)c5ccc(Cl)c(-c6c(C)nn(C)c6C)c54)C3=O)c2n1C. The average Bonchev–Trinajstić information content (AvgIpc) is 3.70. The number of amides is 1. The Morgan fingerprint density at radius 3 is 2.35 bits per heavy atom. The van der Waals surface area contributed by atoms with Crippen molar-refractivity contribution in [1.29, 1.82) is 0 Å². The number of aryl methyl sites for hydroxylation is 7. The van der Waals surface area contributed by atoms with Gasteiger partial charge in [-0.25, -0.2) is 0 Å². The predicted octanol–water partition coefficient (Wildman–Crippen LogP) is 9.68. The van der Waals surface area contributed by atoms with Crippen molar-refractivity contribution in [2.24, 2.45) is 14.1 Å². The van der Waals surface area contributed by atoms with Gasteiger partial charge in [-0.1, -0.05) is 36.2 Å². The van der Waals surface area contributed by atoms with E-state index in [1.807, 2.05) is 74.8 Å². The van der Waals surface area contributed by atoms with Crippen molar-refractivity contribution >= 4 is 62.9 Å². The Morgan fingerprint density at radius 1 is 0.980 bits per heavy atom. The Morgan fingerprint density at radius 2 is 1.71 bits per heavy atom. The second-order valence-electron chi connectivity index (χ2n) is 13.9. The van der Waals surface area contributed by atoms with E-state index in [1.54, 1.807) is 0 Å². The molecule has 10 heteroatoms. The van der Waals surface area contributed by atoms with Crippen LogP contribution in [0.25, 0.3) is 32.9 Å². The second-order valence-corrected chi connectivity index (χ2v) is 14.7. The zero-order valence-corrected chi connectivity index (χ0v) is 32.0. The molecule has 0 N–H and O–H groups in total. The minimum Gasteiger partial charge on any atom is -0.494 e. The van der Waals surface area contributed by atoms with Crippen LogP contribution < -0.4 is 9.64 Å². The molecule has 8 nitrogen and oxygen atoms in total. The molecule has 0 bridgehead atoms. The topological polar surface area (TPSA) is 74.3 Å². The third kappa shape index (κ3) is 5.64. The molecule has 1 amide bonds. The van der Waals surface area contributed by atoms with E-state index >= 15 is 4.79 Å². The van der Waals surface area contributed by atoms with Crippen molar-refractivity contribution in [3.05, 3.63) is 97.5 Å². The Kier molecular flexibility index (Phi) is 9.05. The largest absolute Gasteiger partial charge is 0.494 e. The molecule has 4 heterocycles. The second kappa shape index (κ2) is 13.2. The highest BCUT2D eigenvalue weighted by atomic mass is 35.5. The summed E-state index contributed by atoms with van der Waals surface area (Å²) in [7, 11) is 3.97. The van der Waals surface area contributed by atoms with E-state index < -0.39 is 0 Å². The van der Waals surface area contributed by atoms with Gasteiger partial charge in [-0.05, 0) is 107 Å². The number of carbonyl (C=O) groups is 2. The van der Waals surface area contributed by atoms with Crippen molar-refractivity contribution in [3.8, 4) is 16.9 Å². The molecule has 1 atom stereocenters. The molecule has 0 spiro atoms. The van der Waals surface area contributed by atoms with Gasteiger partial charge in [-0.3, -0.25) is 14.3 Å². The standard InChI is InChI=1S/C41H43Cl2N5O3/c1-9-29-19-28-17-27(21-49)18-34(38(28)45(29)7)47-20-24(4)48-39-32(12-13-33(42)36(39)35-25(5)44-46(8)26(35)6)31(40(48)41(47)50)11-10-14-51-30-15-22(2)37(43)23(3)16-30/h12-13,15-19,21,24H,9-11,14,20H2,1-8H3/t24-/m1/s1. The summed E-state index contributed by atoms with van der Waals surface area (Å²) in [5, 5.41) is 8.03. The molecule has 3 aromatic heterocycles. The lowest BCUT2D eigenvalue weighted by Crippen LogP contribution is -2.43. The Balaban J connectivity index is 1.40. The van der Waals surface area contributed by atoms with Crippen molar-refractivity contribution in [2.45, 2.75) is 66.8 Å². The molecular weight excluding hydrogens is 681 g/mol. The smallest absolute Gasteiger partial charge is 0.275 e. The van der Waals surface area contributed by atoms with Gasteiger partial charge < -0.3 is 18.8 Å². The molecule has 0 fully saturated rings. The first kappa shape index (κ1) is 34.9. The van der Waals surface area contributed by atoms with Crippen LogP contribution in [0.1, 0.15) is 80.9 Å². The molecule has 7 rings (SSSR count). The number of hydrogen-bond donors (Lipinski definition) is 0. The maximum absolute atomic E-state index is 15.1. The molecule has 264 valence electrons. The highest BCUT2D eigenvalue weighted by Gasteiger charge is 2.37. The number of hydrogen-bond acceptors (Lipinski definition) is 4. The van der Waals surface area contributed by atoms with Crippen LogP contribution in [0.5, 0.6) is 5.75 Å². The maximum Gasteiger partial charge on any atom is 0.275 e. The summed E-state index contributed by atoms with van der Waals surface area (Å²) in [5.74, 6) is 0.674. The summed E-state index contributed by atoms with van der Waals surface area (Å²) in [4.78, 5) is 29.2. The molecule has 51 heavy (non-hydrogen) atoms. The third-order valence-electron chi connectivity index (χ3n) is 10.6. The van der Waals surface area contributed by atoms with Crippen LogP contribution in [0, 0.1) is 27.7 Å². The lowest BCUT2D eigenvalue weighted by atomic mass is 9.98. The minimum absolute atomic E-state index is 0.102. The summed E-state index contributed by atoms with van der Waals surface area (Å²) < 4.78 is 12.5. The zero-order chi connectivity index (χ0) is 36.5. The highest BCUT2D eigenvalue weighted by molar-refractivity contribution is 6.35. The number of halogens is 2. The monoisotopic (exact) mass is 723 g/mol. The molecule has 1 aliphatic heterocycles. The number of aldehydes is 1. The quantitative estimate of drug-likeness (QED) is 0.110. The molecule has 0 unspecified atom stereocenters. The fraction of sp³-hybridized carbons (Fsp3) is 0.341. The molecule has 0 aliphatic carbocycles. The van der Waals surface area contributed by atoms with E-state index in [0.29, 0.717) is 42.3 Å². The van der Waals surface area contributed by atoms with Crippen LogP contribution in [0.15, 0.2) is 42.5 Å². The number of nitrogens with zero attached hydrogens (tertiary/aromatic N) is 5. The van der Waals surface area contributed by atoms with Crippen LogP contribution >= 0.6 is 23.2 Å². The van der Waals surface area contributed by atoms with Crippen LogP contribution in [0.3, 0.4) is 0 Å². The summed E-state index contributed by atoms with van der Waals surface area (Å²) in [5.41, 5.74) is 11.6. The lowest BCUT2D eigenvalue weighted by Gasteiger charge is -2.35. The Bertz CT molecular complexity index is 2380. The van der Waals surface area contributed by atoms with Crippen molar-refractivity contribution in [3.63, 3.8) is 0 Å². The van der Waals surface area contributed by atoms with E-state index in [4.69, 9.17) is 33.0 Å². The first-order valence-electron chi connectivity index (χ1n) is 17.5. The molecule has 0 saturated heterocycles. The number of fused-ring (bicyclic) bond motifs is 4. The van der Waals surface area contributed by atoms with Gasteiger partial charge in [-0.2, -0.15) is 5.10 Å². The fourth-order valence-corrected chi connectivity index (χ4v) is 8.47. The van der Waals surface area contributed by atoms with Gasteiger partial charge in [0, 0.05) is 70.6 Å². The molecule has 3 aromatic carbocycles. The number of rotatable bonds is 9. The van der Waals surface area contributed by atoms with Crippen LogP contribution in [0.4, 0.5) is 5.69 Å². The van der Waals surface area contributed by atoms with Gasteiger partial charge in [0.15, 0.2) is 0 Å². The van der Waals surface area contributed by atoms with Crippen LogP contribution in [-0.2, 0) is 26.9 Å². The van der Waals surface area contributed by atoms with Crippen LogP contribution in [0.2, 0.25) is 10.0 Å². The zero-order valence-electron chi connectivity index (χ0n) is 30.4. The van der Waals surface area contributed by atoms with Gasteiger partial charge in [0.2, 0.25) is 0 Å². The predicted molar refractivity (Wildman–Crippen MR) is 207 cm³/mol.